The largest absolute Gasteiger partial charge is 0.419 e. The minimum atomic E-state index is -4.70. The highest BCUT2D eigenvalue weighted by Crippen LogP contribution is 2.37. The molecular formula is C14H18F4N2O. The first kappa shape index (κ1) is 16.2. The molecule has 7 heteroatoms. The first-order chi connectivity index (χ1) is 9.88. The Hall–Kier alpha value is -1.18. The van der Waals surface area contributed by atoms with E-state index in [9.17, 15) is 17.6 Å². The second kappa shape index (κ2) is 6.29. The lowest BCUT2D eigenvalue weighted by atomic mass is 9.86. The Bertz CT molecular complexity index is 492. The number of nitrogens with one attached hydrogen (secondary N) is 1. The van der Waals surface area contributed by atoms with Crippen LogP contribution in [-0.4, -0.2) is 12.7 Å². The minimum Gasteiger partial charge on any atom is -0.378 e. The average Bonchev–Trinajstić information content (AvgIpc) is 2.86. The van der Waals surface area contributed by atoms with Crippen molar-refractivity contribution in [2.45, 2.75) is 38.1 Å². The topological polar surface area (TPSA) is 47.3 Å². The van der Waals surface area contributed by atoms with Crippen LogP contribution in [0.15, 0.2) is 18.2 Å². The molecule has 1 aromatic carbocycles. The summed E-state index contributed by atoms with van der Waals surface area (Å²) in [5, 5.41) is 0. The van der Waals surface area contributed by atoms with E-state index in [1.54, 1.807) is 0 Å². The van der Waals surface area contributed by atoms with Gasteiger partial charge in [0.05, 0.1) is 17.7 Å². The van der Waals surface area contributed by atoms with Crippen molar-refractivity contribution in [2.24, 2.45) is 11.8 Å². The van der Waals surface area contributed by atoms with E-state index in [4.69, 9.17) is 10.6 Å². The van der Waals surface area contributed by atoms with Crippen LogP contribution in [0.25, 0.3) is 0 Å². The number of halogens is 4. The van der Waals surface area contributed by atoms with Crippen molar-refractivity contribution in [1.29, 1.82) is 0 Å². The molecule has 1 fully saturated rings. The van der Waals surface area contributed by atoms with Gasteiger partial charge in [-0.1, -0.05) is 13.0 Å². The van der Waals surface area contributed by atoms with Crippen LogP contribution in [0.3, 0.4) is 0 Å². The van der Waals surface area contributed by atoms with Crippen molar-refractivity contribution in [3.63, 3.8) is 0 Å². The van der Waals surface area contributed by atoms with E-state index in [1.807, 2.05) is 6.92 Å². The molecule has 118 valence electrons. The van der Waals surface area contributed by atoms with Crippen molar-refractivity contribution in [3.8, 4) is 0 Å². The summed E-state index contributed by atoms with van der Waals surface area (Å²) in [5.74, 6) is 4.25. The molecule has 3 N–H and O–H groups in total. The zero-order valence-corrected chi connectivity index (χ0v) is 11.6. The number of hydrogen-bond acceptors (Lipinski definition) is 3. The molecule has 0 aromatic heterocycles. The molecule has 0 saturated carbocycles. The first-order valence-electron chi connectivity index (χ1n) is 6.82. The van der Waals surface area contributed by atoms with Crippen molar-refractivity contribution in [2.75, 3.05) is 6.61 Å². The number of alkyl halides is 3. The average molecular weight is 306 g/mol. The van der Waals surface area contributed by atoms with Crippen LogP contribution in [0, 0.1) is 11.7 Å². The highest BCUT2D eigenvalue weighted by Gasteiger charge is 2.37. The number of rotatable bonds is 4. The molecule has 0 radical (unpaired) electrons. The third kappa shape index (κ3) is 3.36. The Balaban J connectivity index is 2.29. The minimum absolute atomic E-state index is 0.0103. The van der Waals surface area contributed by atoms with Crippen LogP contribution in [0.2, 0.25) is 0 Å². The summed E-state index contributed by atoms with van der Waals surface area (Å²) < 4.78 is 57.0. The Labute approximate surface area is 120 Å². The van der Waals surface area contributed by atoms with Gasteiger partial charge in [-0.2, -0.15) is 13.2 Å². The van der Waals surface area contributed by atoms with E-state index in [1.165, 1.54) is 6.07 Å². The van der Waals surface area contributed by atoms with Crippen LogP contribution in [0.4, 0.5) is 17.6 Å². The Morgan fingerprint density at radius 1 is 1.43 bits per heavy atom. The molecular weight excluding hydrogens is 288 g/mol. The number of ether oxygens (including phenoxy) is 1. The second-order valence-electron chi connectivity index (χ2n) is 5.15. The molecule has 2 rings (SSSR count). The van der Waals surface area contributed by atoms with Gasteiger partial charge in [0.25, 0.3) is 0 Å². The summed E-state index contributed by atoms with van der Waals surface area (Å²) in [6.07, 6.45) is -3.23. The highest BCUT2D eigenvalue weighted by molar-refractivity contribution is 5.29. The number of nitrogens with two attached hydrogens (primary N) is 1. The Kier molecular flexibility index (Phi) is 4.85. The lowest BCUT2D eigenvalue weighted by molar-refractivity contribution is -0.140. The van der Waals surface area contributed by atoms with Gasteiger partial charge in [0.2, 0.25) is 0 Å². The SMILES string of the molecule is CCC1OCCC1C(NN)c1ccc(C(F)(F)F)c(F)c1. The third-order valence-corrected chi connectivity index (χ3v) is 3.93. The smallest absolute Gasteiger partial charge is 0.378 e. The van der Waals surface area contributed by atoms with Gasteiger partial charge in [0, 0.05) is 12.5 Å². The maximum atomic E-state index is 13.7. The molecule has 21 heavy (non-hydrogen) atoms. The van der Waals surface area contributed by atoms with Crippen molar-refractivity contribution >= 4 is 0 Å². The molecule has 0 bridgehead atoms. The number of hydrazine groups is 1. The summed E-state index contributed by atoms with van der Waals surface area (Å²) in [5.41, 5.74) is 1.72. The van der Waals surface area contributed by atoms with Gasteiger partial charge in [-0.15, -0.1) is 0 Å². The second-order valence-corrected chi connectivity index (χ2v) is 5.15. The fourth-order valence-corrected chi connectivity index (χ4v) is 2.89. The van der Waals surface area contributed by atoms with Crippen LogP contribution < -0.4 is 11.3 Å². The molecule has 3 atom stereocenters. The van der Waals surface area contributed by atoms with E-state index in [0.717, 1.165) is 25.0 Å². The van der Waals surface area contributed by atoms with Gasteiger partial charge in [-0.25, -0.2) is 4.39 Å². The molecule has 1 heterocycles. The Morgan fingerprint density at radius 2 is 2.14 bits per heavy atom. The zero-order valence-electron chi connectivity index (χ0n) is 11.6. The summed E-state index contributed by atoms with van der Waals surface area (Å²) >= 11 is 0. The molecule has 1 aliphatic rings. The van der Waals surface area contributed by atoms with Crippen LogP contribution in [0.1, 0.15) is 36.9 Å². The van der Waals surface area contributed by atoms with Gasteiger partial charge >= 0.3 is 6.18 Å². The van der Waals surface area contributed by atoms with Crippen LogP contribution >= 0.6 is 0 Å². The maximum Gasteiger partial charge on any atom is 0.419 e. The van der Waals surface area contributed by atoms with E-state index >= 15 is 0 Å². The van der Waals surface area contributed by atoms with Crippen molar-refractivity contribution < 1.29 is 22.3 Å². The summed E-state index contributed by atoms with van der Waals surface area (Å²) in [4.78, 5) is 0. The fraction of sp³-hybridized carbons (Fsp3) is 0.571. The van der Waals surface area contributed by atoms with Gasteiger partial charge in [-0.3, -0.25) is 11.3 Å². The summed E-state index contributed by atoms with van der Waals surface area (Å²) in [7, 11) is 0. The van der Waals surface area contributed by atoms with Crippen molar-refractivity contribution in [3.05, 3.63) is 35.1 Å². The van der Waals surface area contributed by atoms with E-state index in [0.29, 0.717) is 12.2 Å². The standard InChI is InChI=1S/C14H18F4N2O/c1-2-12-9(5-6-21-12)13(20-19)8-3-4-10(11(15)7-8)14(16,17)18/h3-4,7,9,12-13,20H,2,5-6,19H2,1H3. The predicted molar refractivity (Wildman–Crippen MR) is 69.6 cm³/mol. The van der Waals surface area contributed by atoms with Gasteiger partial charge < -0.3 is 4.74 Å². The quantitative estimate of drug-likeness (QED) is 0.510. The van der Waals surface area contributed by atoms with E-state index < -0.39 is 23.6 Å². The maximum absolute atomic E-state index is 13.7. The molecule has 0 spiro atoms. The summed E-state index contributed by atoms with van der Waals surface area (Å²) in [6, 6.07) is 2.49. The molecule has 1 saturated heterocycles. The fourth-order valence-electron chi connectivity index (χ4n) is 2.89. The van der Waals surface area contributed by atoms with E-state index in [-0.39, 0.29) is 12.0 Å². The molecule has 1 aliphatic heterocycles. The van der Waals surface area contributed by atoms with Crippen molar-refractivity contribution in [1.82, 2.24) is 5.43 Å². The zero-order chi connectivity index (χ0) is 15.6. The normalized spacial score (nSPS) is 24.3. The summed E-state index contributed by atoms with van der Waals surface area (Å²) in [6.45, 7) is 2.54. The monoisotopic (exact) mass is 306 g/mol. The lowest BCUT2D eigenvalue weighted by Crippen LogP contribution is -2.37. The van der Waals surface area contributed by atoms with Crippen LogP contribution in [-0.2, 0) is 10.9 Å². The molecule has 1 aromatic rings. The van der Waals surface area contributed by atoms with E-state index in [2.05, 4.69) is 5.43 Å². The van der Waals surface area contributed by atoms with Gasteiger partial charge in [-0.05, 0) is 30.5 Å². The number of benzene rings is 1. The molecule has 0 amide bonds. The molecule has 3 unspecified atom stereocenters. The molecule has 3 nitrogen and oxygen atoms in total. The van der Waals surface area contributed by atoms with Crippen LogP contribution in [0.5, 0.6) is 0 Å². The molecule has 0 aliphatic carbocycles. The number of hydrogen-bond donors (Lipinski definition) is 2. The first-order valence-corrected chi connectivity index (χ1v) is 6.82. The predicted octanol–water partition coefficient (Wildman–Crippen LogP) is 3.16. The van der Waals surface area contributed by atoms with Gasteiger partial charge in [0.15, 0.2) is 0 Å². The van der Waals surface area contributed by atoms with Gasteiger partial charge in [0.1, 0.15) is 5.82 Å². The lowest BCUT2D eigenvalue weighted by Gasteiger charge is -2.27. The highest BCUT2D eigenvalue weighted by atomic mass is 19.4. The Morgan fingerprint density at radius 3 is 2.67 bits per heavy atom. The third-order valence-electron chi connectivity index (χ3n) is 3.93.